The van der Waals surface area contributed by atoms with Gasteiger partial charge in [-0.05, 0) is 42.7 Å². The second-order valence-corrected chi connectivity index (χ2v) is 7.55. The molecule has 0 N–H and O–H groups in total. The minimum absolute atomic E-state index is 0.125. The molecule has 3 aromatic heterocycles. The van der Waals surface area contributed by atoms with Crippen molar-refractivity contribution in [2.24, 2.45) is 0 Å². The molecule has 3 heterocycles. The standard InChI is InChI=1S/C15H14N4O3S2/c1-10-8-11(6-7-16-10)12-4-3-5-13(17-12)15-18-14(23-19-15)9-22-24(2,20)21/h3-8H,9H2,1-2H3. The normalized spacial score (nSPS) is 11.6. The molecule has 0 spiro atoms. The first-order valence-corrected chi connectivity index (χ1v) is 9.57. The molecule has 0 aliphatic carbocycles. The molecule has 7 nitrogen and oxygen atoms in total. The minimum Gasteiger partial charge on any atom is -0.263 e. The third kappa shape index (κ3) is 4.19. The van der Waals surface area contributed by atoms with Crippen LogP contribution in [-0.2, 0) is 20.9 Å². The summed E-state index contributed by atoms with van der Waals surface area (Å²) in [7, 11) is -3.51. The van der Waals surface area contributed by atoms with Gasteiger partial charge in [0.1, 0.15) is 17.3 Å². The van der Waals surface area contributed by atoms with Crippen molar-refractivity contribution >= 4 is 21.7 Å². The van der Waals surface area contributed by atoms with Gasteiger partial charge >= 0.3 is 0 Å². The average molecular weight is 362 g/mol. The molecule has 0 atom stereocenters. The molecule has 0 saturated carbocycles. The van der Waals surface area contributed by atoms with Crippen LogP contribution in [0.25, 0.3) is 22.8 Å². The van der Waals surface area contributed by atoms with Crippen LogP contribution in [0.1, 0.15) is 10.7 Å². The lowest BCUT2D eigenvalue weighted by Crippen LogP contribution is -2.02. The first-order valence-electron chi connectivity index (χ1n) is 6.98. The fraction of sp³-hybridized carbons (Fsp3) is 0.200. The average Bonchev–Trinajstić information content (AvgIpc) is 3.02. The molecule has 0 bridgehead atoms. The lowest BCUT2D eigenvalue weighted by molar-refractivity contribution is 0.311. The maximum absolute atomic E-state index is 11.0. The highest BCUT2D eigenvalue weighted by Gasteiger charge is 2.11. The highest BCUT2D eigenvalue weighted by molar-refractivity contribution is 7.85. The highest BCUT2D eigenvalue weighted by Crippen LogP contribution is 2.22. The van der Waals surface area contributed by atoms with Crippen molar-refractivity contribution in [3.8, 4) is 22.8 Å². The molecule has 0 aromatic carbocycles. The van der Waals surface area contributed by atoms with Gasteiger partial charge in [0, 0.05) is 17.5 Å². The topological polar surface area (TPSA) is 94.9 Å². The van der Waals surface area contributed by atoms with E-state index in [-0.39, 0.29) is 6.61 Å². The van der Waals surface area contributed by atoms with Crippen LogP contribution in [0.5, 0.6) is 0 Å². The Hall–Kier alpha value is -2.23. The SMILES string of the molecule is Cc1cc(-c2cccc(-c3nsc(COS(C)(=O)=O)n3)n2)ccn1. The zero-order chi connectivity index (χ0) is 17.2. The summed E-state index contributed by atoms with van der Waals surface area (Å²) in [5, 5.41) is 0.474. The molecule has 0 saturated heterocycles. The molecular formula is C15H14N4O3S2. The molecule has 3 rings (SSSR count). The van der Waals surface area contributed by atoms with Gasteiger partial charge in [0.2, 0.25) is 0 Å². The van der Waals surface area contributed by atoms with E-state index in [9.17, 15) is 8.42 Å². The third-order valence-corrected chi connectivity index (χ3v) is 4.27. The van der Waals surface area contributed by atoms with Gasteiger partial charge in [0.05, 0.1) is 11.9 Å². The summed E-state index contributed by atoms with van der Waals surface area (Å²) in [5.41, 5.74) is 3.28. The Morgan fingerprint density at radius 2 is 1.96 bits per heavy atom. The first kappa shape index (κ1) is 16.6. The van der Waals surface area contributed by atoms with Crippen molar-refractivity contribution in [1.82, 2.24) is 19.3 Å². The minimum atomic E-state index is -3.51. The Balaban J connectivity index is 1.86. The Bertz CT molecular complexity index is 970. The van der Waals surface area contributed by atoms with Crippen molar-refractivity contribution in [1.29, 1.82) is 0 Å². The zero-order valence-corrected chi connectivity index (χ0v) is 14.6. The molecule has 0 amide bonds. The fourth-order valence-electron chi connectivity index (χ4n) is 2.00. The van der Waals surface area contributed by atoms with Crippen molar-refractivity contribution in [3.63, 3.8) is 0 Å². The van der Waals surface area contributed by atoms with Crippen molar-refractivity contribution in [2.45, 2.75) is 13.5 Å². The lowest BCUT2D eigenvalue weighted by atomic mass is 10.1. The van der Waals surface area contributed by atoms with Crippen LogP contribution in [-0.4, -0.2) is 34.0 Å². The van der Waals surface area contributed by atoms with E-state index in [1.165, 1.54) is 0 Å². The summed E-state index contributed by atoms with van der Waals surface area (Å²) < 4.78 is 31.0. The van der Waals surface area contributed by atoms with E-state index in [4.69, 9.17) is 4.18 Å². The molecule has 124 valence electrons. The molecule has 24 heavy (non-hydrogen) atoms. The number of pyridine rings is 2. The van der Waals surface area contributed by atoms with Gasteiger partial charge in [-0.2, -0.15) is 12.8 Å². The number of nitrogens with zero attached hydrogens (tertiary/aromatic N) is 4. The molecular weight excluding hydrogens is 348 g/mol. The van der Waals surface area contributed by atoms with Crippen molar-refractivity contribution < 1.29 is 12.6 Å². The second-order valence-electron chi connectivity index (χ2n) is 5.07. The van der Waals surface area contributed by atoms with Crippen molar-refractivity contribution in [2.75, 3.05) is 6.26 Å². The molecule has 0 aliphatic heterocycles. The van der Waals surface area contributed by atoms with Crippen LogP contribution in [0.15, 0.2) is 36.5 Å². The predicted molar refractivity (Wildman–Crippen MR) is 90.7 cm³/mol. The Kier molecular flexibility index (Phi) is 4.65. The predicted octanol–water partition coefficient (Wildman–Crippen LogP) is 2.45. The van der Waals surface area contributed by atoms with E-state index in [0.717, 1.165) is 34.7 Å². The summed E-state index contributed by atoms with van der Waals surface area (Å²) >= 11 is 1.09. The molecule has 0 aliphatic rings. The van der Waals surface area contributed by atoms with E-state index in [0.29, 0.717) is 16.5 Å². The summed E-state index contributed by atoms with van der Waals surface area (Å²) in [6, 6.07) is 9.42. The molecule has 9 heteroatoms. The maximum atomic E-state index is 11.0. The summed E-state index contributed by atoms with van der Waals surface area (Å²) in [6.45, 7) is 1.79. The van der Waals surface area contributed by atoms with Crippen LogP contribution in [0.4, 0.5) is 0 Å². The molecule has 0 fully saturated rings. The van der Waals surface area contributed by atoms with Crippen LogP contribution in [0.2, 0.25) is 0 Å². The fourth-order valence-corrected chi connectivity index (χ4v) is 2.97. The van der Waals surface area contributed by atoms with E-state index in [1.807, 2.05) is 31.2 Å². The van der Waals surface area contributed by atoms with Gasteiger partial charge in [0.15, 0.2) is 5.82 Å². The number of rotatable bonds is 5. The Morgan fingerprint density at radius 1 is 1.17 bits per heavy atom. The van der Waals surface area contributed by atoms with Gasteiger partial charge in [-0.15, -0.1) is 0 Å². The Morgan fingerprint density at radius 3 is 2.71 bits per heavy atom. The molecule has 3 aromatic rings. The van der Waals surface area contributed by atoms with Crippen LogP contribution < -0.4 is 0 Å². The van der Waals surface area contributed by atoms with E-state index in [2.05, 4.69) is 19.3 Å². The smallest absolute Gasteiger partial charge is 0.263 e. The first-order chi connectivity index (χ1) is 11.4. The number of hydrogen-bond donors (Lipinski definition) is 0. The van der Waals surface area contributed by atoms with Gasteiger partial charge in [-0.1, -0.05) is 6.07 Å². The summed E-state index contributed by atoms with van der Waals surface area (Å²) in [6.07, 6.45) is 2.73. The number of hydrogen-bond acceptors (Lipinski definition) is 8. The van der Waals surface area contributed by atoms with Crippen LogP contribution in [0.3, 0.4) is 0 Å². The number of aryl methyl sites for hydroxylation is 1. The third-order valence-electron chi connectivity index (χ3n) is 3.04. The zero-order valence-electron chi connectivity index (χ0n) is 13.0. The van der Waals surface area contributed by atoms with Crippen LogP contribution >= 0.6 is 11.5 Å². The van der Waals surface area contributed by atoms with Gasteiger partial charge in [-0.25, -0.2) is 9.97 Å². The van der Waals surface area contributed by atoms with E-state index < -0.39 is 10.1 Å². The monoisotopic (exact) mass is 362 g/mol. The van der Waals surface area contributed by atoms with Gasteiger partial charge in [-0.3, -0.25) is 9.17 Å². The largest absolute Gasteiger partial charge is 0.264 e. The van der Waals surface area contributed by atoms with E-state index >= 15 is 0 Å². The second kappa shape index (κ2) is 6.71. The molecule has 0 unspecified atom stereocenters. The lowest BCUT2D eigenvalue weighted by Gasteiger charge is -2.03. The van der Waals surface area contributed by atoms with Gasteiger partial charge < -0.3 is 0 Å². The van der Waals surface area contributed by atoms with Crippen LogP contribution in [0, 0.1) is 6.92 Å². The summed E-state index contributed by atoms with van der Waals surface area (Å²) in [4.78, 5) is 13.0. The Labute approximate surface area is 143 Å². The molecule has 0 radical (unpaired) electrons. The maximum Gasteiger partial charge on any atom is 0.264 e. The van der Waals surface area contributed by atoms with Crippen molar-refractivity contribution in [3.05, 3.63) is 47.2 Å². The quantitative estimate of drug-likeness (QED) is 0.643. The number of aromatic nitrogens is 4. The van der Waals surface area contributed by atoms with E-state index in [1.54, 1.807) is 12.3 Å². The summed E-state index contributed by atoms with van der Waals surface area (Å²) in [5.74, 6) is 0.444. The van der Waals surface area contributed by atoms with Gasteiger partial charge in [0.25, 0.3) is 10.1 Å². The highest BCUT2D eigenvalue weighted by atomic mass is 32.2.